The Labute approximate surface area is 160 Å². The number of ether oxygens (including phenoxy) is 1. The number of hydrogen-bond acceptors (Lipinski definition) is 4. The standard InChI is InChI=1S/C11H22O4.2C4H9.Sn/c1-3-5-7-9-13-11(12)15-14-10-8-6-4-2;2*1-3-4-2;/h3-10H2,1-2H3;2*1,3-4H2,2H3;. The van der Waals surface area contributed by atoms with Crippen molar-refractivity contribution in [2.75, 3.05) is 13.2 Å². The first kappa shape index (κ1) is 26.3. The van der Waals surface area contributed by atoms with E-state index in [4.69, 9.17) is 4.74 Å². The van der Waals surface area contributed by atoms with Crippen LogP contribution in [-0.4, -0.2) is 40.5 Å². The van der Waals surface area contributed by atoms with Crippen molar-refractivity contribution in [2.45, 2.75) is 101 Å². The van der Waals surface area contributed by atoms with E-state index in [1.54, 1.807) is 8.87 Å². The van der Waals surface area contributed by atoms with Gasteiger partial charge < -0.3 is 4.74 Å². The van der Waals surface area contributed by atoms with E-state index in [2.05, 4.69) is 37.5 Å². The summed E-state index contributed by atoms with van der Waals surface area (Å²) in [7, 11) is 0. The Balaban J connectivity index is 0. The molecule has 0 saturated carbocycles. The Kier molecular flexibility index (Phi) is 27.7. The van der Waals surface area contributed by atoms with Crippen LogP contribution in [0.4, 0.5) is 4.79 Å². The molecule has 0 rings (SSSR count). The summed E-state index contributed by atoms with van der Waals surface area (Å²) < 4.78 is 8.01. The second-order valence-electron chi connectivity index (χ2n) is 5.88. The predicted octanol–water partition coefficient (Wildman–Crippen LogP) is 6.58. The van der Waals surface area contributed by atoms with Crippen LogP contribution in [0.1, 0.15) is 91.9 Å². The van der Waals surface area contributed by atoms with Crippen LogP contribution in [-0.2, 0) is 14.5 Å². The van der Waals surface area contributed by atoms with Gasteiger partial charge in [-0.2, -0.15) is 4.89 Å². The second-order valence-corrected chi connectivity index (χ2v) is 10.2. The molecule has 0 bridgehead atoms. The molecule has 0 amide bonds. The first-order valence-corrected chi connectivity index (χ1v) is 13.9. The Bertz CT molecular complexity index is 231. The van der Waals surface area contributed by atoms with Gasteiger partial charge in [0.05, 0.1) is 13.2 Å². The SMILES string of the molecule is CCCCCOOC(=O)OCCCCC.CCC[CH2][Sn][CH2]CCC. The molecule has 24 heavy (non-hydrogen) atoms. The number of unbranched alkanes of at least 4 members (excludes halogenated alkanes) is 6. The Morgan fingerprint density at radius 1 is 0.708 bits per heavy atom. The monoisotopic (exact) mass is 452 g/mol. The molecule has 0 fully saturated rings. The van der Waals surface area contributed by atoms with E-state index in [1.807, 2.05) is 0 Å². The van der Waals surface area contributed by atoms with Crippen LogP contribution in [0, 0.1) is 0 Å². The van der Waals surface area contributed by atoms with Crippen molar-refractivity contribution in [2.24, 2.45) is 0 Å². The van der Waals surface area contributed by atoms with Gasteiger partial charge in [0.2, 0.25) is 0 Å². The van der Waals surface area contributed by atoms with Crippen LogP contribution < -0.4 is 0 Å². The van der Waals surface area contributed by atoms with E-state index < -0.39 is 6.16 Å². The predicted molar refractivity (Wildman–Crippen MR) is 103 cm³/mol. The van der Waals surface area contributed by atoms with Crippen LogP contribution in [0.3, 0.4) is 0 Å². The van der Waals surface area contributed by atoms with E-state index >= 15 is 0 Å². The third-order valence-corrected chi connectivity index (χ3v) is 7.38. The van der Waals surface area contributed by atoms with Gasteiger partial charge in [-0.25, -0.2) is 4.79 Å². The van der Waals surface area contributed by atoms with Crippen LogP contribution in [0.5, 0.6) is 0 Å². The fourth-order valence-electron chi connectivity index (χ4n) is 1.76. The molecule has 0 aromatic rings. The summed E-state index contributed by atoms with van der Waals surface area (Å²) in [5, 5.41) is 0. The molecule has 0 aliphatic heterocycles. The van der Waals surface area contributed by atoms with Crippen molar-refractivity contribution >= 4 is 27.3 Å². The zero-order valence-electron chi connectivity index (χ0n) is 16.5. The first-order chi connectivity index (χ1) is 11.7. The van der Waals surface area contributed by atoms with E-state index in [9.17, 15) is 4.79 Å². The molecule has 0 N–H and O–H groups in total. The summed E-state index contributed by atoms with van der Waals surface area (Å²) in [6.07, 6.45) is 11.2. The first-order valence-electron chi connectivity index (χ1n) is 9.89. The van der Waals surface area contributed by atoms with Crippen LogP contribution >= 0.6 is 0 Å². The maximum absolute atomic E-state index is 10.9. The summed E-state index contributed by atoms with van der Waals surface area (Å²) in [6, 6.07) is 0. The van der Waals surface area contributed by atoms with E-state index in [-0.39, 0.29) is 21.1 Å². The van der Waals surface area contributed by atoms with Crippen LogP contribution in [0.2, 0.25) is 8.87 Å². The number of carbonyl (C=O) groups excluding carboxylic acids is 1. The summed E-state index contributed by atoms with van der Waals surface area (Å²) in [5.74, 6) is 0. The molecule has 0 atom stereocenters. The topological polar surface area (TPSA) is 44.8 Å². The molecule has 0 spiro atoms. The van der Waals surface area contributed by atoms with Crippen molar-refractivity contribution in [1.29, 1.82) is 0 Å². The zero-order chi connectivity index (χ0) is 18.3. The van der Waals surface area contributed by atoms with Gasteiger partial charge in [-0.1, -0.05) is 39.5 Å². The van der Waals surface area contributed by atoms with Crippen LogP contribution in [0.15, 0.2) is 0 Å². The maximum atomic E-state index is 10.9. The number of hydrogen-bond donors (Lipinski definition) is 0. The molecular formula is C19H40O4Sn. The van der Waals surface area contributed by atoms with E-state index in [1.165, 1.54) is 25.7 Å². The van der Waals surface area contributed by atoms with Crippen molar-refractivity contribution < 1.29 is 19.3 Å². The van der Waals surface area contributed by atoms with Gasteiger partial charge in [-0.3, -0.25) is 4.89 Å². The average Bonchev–Trinajstić information content (AvgIpc) is 2.59. The summed E-state index contributed by atoms with van der Waals surface area (Å²) >= 11 is 0.149. The Morgan fingerprint density at radius 2 is 1.21 bits per heavy atom. The molecule has 0 saturated heterocycles. The summed E-state index contributed by atoms with van der Waals surface area (Å²) in [5.41, 5.74) is 0. The zero-order valence-corrected chi connectivity index (χ0v) is 19.4. The molecule has 2 radical (unpaired) electrons. The summed E-state index contributed by atoms with van der Waals surface area (Å²) in [4.78, 5) is 20.0. The molecule has 144 valence electrons. The van der Waals surface area contributed by atoms with Gasteiger partial charge >= 0.3 is 75.7 Å². The van der Waals surface area contributed by atoms with Gasteiger partial charge in [-0.15, -0.1) is 0 Å². The number of carbonyl (C=O) groups is 1. The second kappa shape index (κ2) is 25.3. The van der Waals surface area contributed by atoms with Crippen molar-refractivity contribution in [3.05, 3.63) is 0 Å². The summed E-state index contributed by atoms with van der Waals surface area (Å²) in [6.45, 7) is 9.62. The molecule has 4 nitrogen and oxygen atoms in total. The minimum atomic E-state index is -0.734. The molecule has 0 aromatic carbocycles. The van der Waals surface area contributed by atoms with Crippen molar-refractivity contribution in [1.82, 2.24) is 0 Å². The van der Waals surface area contributed by atoms with Gasteiger partial charge in [0.1, 0.15) is 0 Å². The molecule has 0 aliphatic carbocycles. The Hall–Kier alpha value is 0.0287. The fraction of sp³-hybridized carbons (Fsp3) is 0.947. The van der Waals surface area contributed by atoms with Crippen molar-refractivity contribution in [3.8, 4) is 0 Å². The van der Waals surface area contributed by atoms with Crippen LogP contribution in [0.25, 0.3) is 0 Å². The van der Waals surface area contributed by atoms with Gasteiger partial charge in [0.25, 0.3) is 0 Å². The average molecular weight is 451 g/mol. The van der Waals surface area contributed by atoms with E-state index in [0.29, 0.717) is 13.2 Å². The van der Waals surface area contributed by atoms with Gasteiger partial charge in [-0.05, 0) is 12.8 Å². The van der Waals surface area contributed by atoms with E-state index in [0.717, 1.165) is 38.5 Å². The third-order valence-electron chi connectivity index (χ3n) is 3.34. The molecule has 0 aliphatic rings. The molecular weight excluding hydrogens is 411 g/mol. The fourth-order valence-corrected chi connectivity index (χ4v) is 5.92. The molecule has 5 heteroatoms. The number of rotatable bonds is 15. The van der Waals surface area contributed by atoms with Crippen molar-refractivity contribution in [3.63, 3.8) is 0 Å². The molecule has 0 heterocycles. The normalized spacial score (nSPS) is 10.0. The quantitative estimate of drug-likeness (QED) is 0.0928. The molecule has 0 unspecified atom stereocenters. The van der Waals surface area contributed by atoms with Gasteiger partial charge in [0, 0.05) is 0 Å². The van der Waals surface area contributed by atoms with Gasteiger partial charge in [0.15, 0.2) is 0 Å². The molecule has 0 aromatic heterocycles. The Morgan fingerprint density at radius 3 is 1.71 bits per heavy atom. The minimum absolute atomic E-state index is 0.149. The third kappa shape index (κ3) is 26.9.